The third-order valence-corrected chi connectivity index (χ3v) is 3.18. The van der Waals surface area contributed by atoms with Crippen LogP contribution in [0.5, 0.6) is 0 Å². The van der Waals surface area contributed by atoms with Crippen molar-refractivity contribution in [1.29, 1.82) is 0 Å². The summed E-state index contributed by atoms with van der Waals surface area (Å²) in [6.07, 6.45) is 7.10. The lowest BCUT2D eigenvalue weighted by Gasteiger charge is -2.16. The van der Waals surface area contributed by atoms with Crippen molar-refractivity contribution in [3.05, 3.63) is 0 Å². The molecule has 1 fully saturated rings. The van der Waals surface area contributed by atoms with Gasteiger partial charge < -0.3 is 10.2 Å². The van der Waals surface area contributed by atoms with Crippen molar-refractivity contribution in [2.75, 3.05) is 33.2 Å². The van der Waals surface area contributed by atoms with Gasteiger partial charge in [-0.1, -0.05) is 19.8 Å². The summed E-state index contributed by atoms with van der Waals surface area (Å²) in [4.78, 5) is 2.40. The SMILES string of the molecule is CCCN(C)CCNCC1CCCC1. The summed E-state index contributed by atoms with van der Waals surface area (Å²) in [7, 11) is 2.21. The van der Waals surface area contributed by atoms with E-state index in [9.17, 15) is 0 Å². The number of rotatable bonds is 7. The lowest BCUT2D eigenvalue weighted by Crippen LogP contribution is -2.31. The summed E-state index contributed by atoms with van der Waals surface area (Å²) in [6, 6.07) is 0. The van der Waals surface area contributed by atoms with Crippen LogP contribution in [0.1, 0.15) is 39.0 Å². The molecule has 0 bridgehead atoms. The monoisotopic (exact) mass is 198 g/mol. The van der Waals surface area contributed by atoms with Crippen LogP contribution in [0, 0.1) is 5.92 Å². The molecule has 0 aromatic rings. The highest BCUT2D eigenvalue weighted by molar-refractivity contribution is 4.69. The Morgan fingerprint density at radius 1 is 1.21 bits per heavy atom. The molecule has 1 rings (SSSR count). The largest absolute Gasteiger partial charge is 0.315 e. The Morgan fingerprint density at radius 2 is 1.93 bits per heavy atom. The molecule has 0 saturated heterocycles. The first kappa shape index (κ1) is 12.0. The maximum Gasteiger partial charge on any atom is 0.0104 e. The molecule has 0 unspecified atom stereocenters. The lowest BCUT2D eigenvalue weighted by atomic mass is 10.1. The predicted octanol–water partition coefficient (Wildman–Crippen LogP) is 2.11. The fourth-order valence-electron chi connectivity index (χ4n) is 2.28. The van der Waals surface area contributed by atoms with Gasteiger partial charge in [-0.25, -0.2) is 0 Å². The van der Waals surface area contributed by atoms with Crippen molar-refractivity contribution >= 4 is 0 Å². The van der Waals surface area contributed by atoms with Crippen molar-refractivity contribution in [1.82, 2.24) is 10.2 Å². The molecule has 2 nitrogen and oxygen atoms in total. The summed E-state index contributed by atoms with van der Waals surface area (Å²) in [5.74, 6) is 0.978. The molecule has 0 spiro atoms. The summed E-state index contributed by atoms with van der Waals surface area (Å²) < 4.78 is 0. The molecule has 1 aliphatic carbocycles. The van der Waals surface area contributed by atoms with Crippen LogP contribution in [0.3, 0.4) is 0 Å². The minimum absolute atomic E-state index is 0.978. The normalized spacial score (nSPS) is 18.2. The van der Waals surface area contributed by atoms with E-state index >= 15 is 0 Å². The number of likely N-dealkylation sites (N-methyl/N-ethyl adjacent to an activating group) is 1. The molecule has 14 heavy (non-hydrogen) atoms. The van der Waals surface area contributed by atoms with Gasteiger partial charge >= 0.3 is 0 Å². The molecular weight excluding hydrogens is 172 g/mol. The summed E-state index contributed by atoms with van der Waals surface area (Å²) in [5.41, 5.74) is 0. The minimum atomic E-state index is 0.978. The van der Waals surface area contributed by atoms with Gasteiger partial charge in [0.15, 0.2) is 0 Å². The number of hydrogen-bond donors (Lipinski definition) is 1. The molecule has 0 aliphatic heterocycles. The van der Waals surface area contributed by atoms with Gasteiger partial charge in [-0.3, -0.25) is 0 Å². The van der Waals surface area contributed by atoms with Crippen LogP contribution in [-0.2, 0) is 0 Å². The lowest BCUT2D eigenvalue weighted by molar-refractivity contribution is 0.327. The van der Waals surface area contributed by atoms with Crippen LogP contribution in [0.2, 0.25) is 0 Å². The van der Waals surface area contributed by atoms with Crippen LogP contribution in [-0.4, -0.2) is 38.1 Å². The average molecular weight is 198 g/mol. The van der Waals surface area contributed by atoms with Crippen molar-refractivity contribution in [3.8, 4) is 0 Å². The second-order valence-electron chi connectivity index (χ2n) is 4.66. The van der Waals surface area contributed by atoms with E-state index in [1.54, 1.807) is 0 Å². The van der Waals surface area contributed by atoms with Crippen LogP contribution >= 0.6 is 0 Å². The molecule has 1 N–H and O–H groups in total. The van der Waals surface area contributed by atoms with Gasteiger partial charge in [0.1, 0.15) is 0 Å². The number of nitrogens with zero attached hydrogens (tertiary/aromatic N) is 1. The molecule has 0 radical (unpaired) electrons. The highest BCUT2D eigenvalue weighted by Gasteiger charge is 2.13. The first-order chi connectivity index (χ1) is 6.83. The van der Waals surface area contributed by atoms with E-state index in [0.29, 0.717) is 0 Å². The second kappa shape index (κ2) is 7.24. The Bertz CT molecular complexity index is 130. The molecule has 1 saturated carbocycles. The maximum absolute atomic E-state index is 3.57. The van der Waals surface area contributed by atoms with Gasteiger partial charge in [0.05, 0.1) is 0 Å². The van der Waals surface area contributed by atoms with Gasteiger partial charge in [0.2, 0.25) is 0 Å². The van der Waals surface area contributed by atoms with Crippen molar-refractivity contribution in [2.45, 2.75) is 39.0 Å². The fraction of sp³-hybridized carbons (Fsp3) is 1.00. The third kappa shape index (κ3) is 4.97. The number of hydrogen-bond acceptors (Lipinski definition) is 2. The molecule has 1 aliphatic rings. The molecule has 2 heteroatoms. The first-order valence-electron chi connectivity index (χ1n) is 6.22. The van der Waals surface area contributed by atoms with Crippen LogP contribution in [0.4, 0.5) is 0 Å². The van der Waals surface area contributed by atoms with Crippen molar-refractivity contribution in [2.24, 2.45) is 5.92 Å². The van der Waals surface area contributed by atoms with E-state index in [4.69, 9.17) is 0 Å². The third-order valence-electron chi connectivity index (χ3n) is 3.18. The van der Waals surface area contributed by atoms with Gasteiger partial charge in [-0.15, -0.1) is 0 Å². The average Bonchev–Trinajstić information content (AvgIpc) is 2.65. The predicted molar refractivity (Wildman–Crippen MR) is 62.6 cm³/mol. The van der Waals surface area contributed by atoms with Crippen LogP contribution in [0.15, 0.2) is 0 Å². The van der Waals surface area contributed by atoms with Gasteiger partial charge in [0.25, 0.3) is 0 Å². The first-order valence-corrected chi connectivity index (χ1v) is 6.22. The smallest absolute Gasteiger partial charge is 0.0104 e. The Balaban J connectivity index is 1.88. The molecule has 0 heterocycles. The molecule has 0 atom stereocenters. The van der Waals surface area contributed by atoms with Crippen molar-refractivity contribution < 1.29 is 0 Å². The van der Waals surface area contributed by atoms with Crippen LogP contribution < -0.4 is 5.32 Å². The Hall–Kier alpha value is -0.0800. The van der Waals surface area contributed by atoms with Crippen molar-refractivity contribution in [3.63, 3.8) is 0 Å². The van der Waals surface area contributed by atoms with E-state index in [1.807, 2.05) is 0 Å². The van der Waals surface area contributed by atoms with E-state index in [2.05, 4.69) is 24.2 Å². The highest BCUT2D eigenvalue weighted by Crippen LogP contribution is 2.23. The molecule has 84 valence electrons. The highest BCUT2D eigenvalue weighted by atomic mass is 15.1. The topological polar surface area (TPSA) is 15.3 Å². The molecular formula is C12H26N2. The Labute approximate surface area is 89.1 Å². The van der Waals surface area contributed by atoms with Gasteiger partial charge in [-0.2, -0.15) is 0 Å². The van der Waals surface area contributed by atoms with E-state index in [1.165, 1.54) is 51.7 Å². The van der Waals surface area contributed by atoms with Crippen LogP contribution in [0.25, 0.3) is 0 Å². The zero-order chi connectivity index (χ0) is 10.2. The molecule has 0 aromatic heterocycles. The van der Waals surface area contributed by atoms with Gasteiger partial charge in [0, 0.05) is 13.1 Å². The second-order valence-corrected chi connectivity index (χ2v) is 4.66. The minimum Gasteiger partial charge on any atom is -0.315 e. The molecule has 0 amide bonds. The Kier molecular flexibility index (Phi) is 6.20. The molecule has 0 aromatic carbocycles. The number of nitrogens with one attached hydrogen (secondary N) is 1. The zero-order valence-electron chi connectivity index (χ0n) is 9.89. The summed E-state index contributed by atoms with van der Waals surface area (Å²) in [5, 5.41) is 3.57. The maximum atomic E-state index is 3.57. The fourth-order valence-corrected chi connectivity index (χ4v) is 2.28. The standard InChI is InChI=1S/C12H26N2/c1-3-9-14(2)10-8-13-11-12-6-4-5-7-12/h12-13H,3-11H2,1-2H3. The Morgan fingerprint density at radius 3 is 2.57 bits per heavy atom. The van der Waals surface area contributed by atoms with E-state index in [-0.39, 0.29) is 0 Å². The van der Waals surface area contributed by atoms with E-state index < -0.39 is 0 Å². The quantitative estimate of drug-likeness (QED) is 0.630. The van der Waals surface area contributed by atoms with Gasteiger partial charge in [-0.05, 0) is 45.3 Å². The zero-order valence-corrected chi connectivity index (χ0v) is 9.89. The summed E-state index contributed by atoms with van der Waals surface area (Å²) in [6.45, 7) is 7.07. The summed E-state index contributed by atoms with van der Waals surface area (Å²) >= 11 is 0. The van der Waals surface area contributed by atoms with E-state index in [0.717, 1.165) is 12.5 Å².